The molecule has 11 heteroatoms. The number of ether oxygens (including phenoxy) is 2. The van der Waals surface area contributed by atoms with Gasteiger partial charge in [0.05, 0.1) is 22.6 Å². The summed E-state index contributed by atoms with van der Waals surface area (Å²) in [4.78, 5) is 8.90. The molecule has 0 aliphatic carbocycles. The highest BCUT2D eigenvalue weighted by molar-refractivity contribution is 7.90. The maximum Gasteiger partial charge on any atom is 0.151 e. The van der Waals surface area contributed by atoms with Crippen molar-refractivity contribution in [3.63, 3.8) is 0 Å². The second-order valence-electron chi connectivity index (χ2n) is 10.0. The molecular formula is C30H30ClFN4O4S. The molecule has 0 radical (unpaired) electrons. The standard InChI is InChI=1S/C30H30ClFN4O4S/c1-20(33-12-14-41(2,37)38)30(11-4-13-40-30)22-7-9-27-25(16-22)29(35-19-34-27)36-24-8-10-28(26(31)17-24)39-18-21-5-3-6-23(32)15-21/h3-10,13,15-17,19-20,33H,11-12,14,18H2,1-2H3,(H,34,35,36). The zero-order valence-electron chi connectivity index (χ0n) is 22.6. The van der Waals surface area contributed by atoms with Gasteiger partial charge >= 0.3 is 0 Å². The van der Waals surface area contributed by atoms with Gasteiger partial charge in [-0.2, -0.15) is 0 Å². The Balaban J connectivity index is 1.37. The first-order chi connectivity index (χ1) is 19.6. The Labute approximate surface area is 243 Å². The summed E-state index contributed by atoms with van der Waals surface area (Å²) in [6, 6.07) is 17.2. The molecule has 0 bridgehead atoms. The van der Waals surface area contributed by atoms with Crippen molar-refractivity contribution in [2.75, 3.05) is 23.9 Å². The molecule has 2 N–H and O–H groups in total. The normalized spacial score (nSPS) is 17.4. The van der Waals surface area contributed by atoms with Gasteiger partial charge in [0.1, 0.15) is 40.2 Å². The second kappa shape index (κ2) is 12.0. The van der Waals surface area contributed by atoms with Crippen molar-refractivity contribution < 1.29 is 22.3 Å². The predicted molar refractivity (Wildman–Crippen MR) is 159 cm³/mol. The van der Waals surface area contributed by atoms with Crippen molar-refractivity contribution in [3.8, 4) is 5.75 Å². The van der Waals surface area contributed by atoms with E-state index in [-0.39, 0.29) is 24.2 Å². The summed E-state index contributed by atoms with van der Waals surface area (Å²) in [6.07, 6.45) is 6.97. The monoisotopic (exact) mass is 596 g/mol. The van der Waals surface area contributed by atoms with Crippen LogP contribution in [-0.2, 0) is 26.8 Å². The third-order valence-electron chi connectivity index (χ3n) is 7.02. The predicted octanol–water partition coefficient (Wildman–Crippen LogP) is 5.90. The van der Waals surface area contributed by atoms with E-state index in [1.54, 1.807) is 30.5 Å². The minimum absolute atomic E-state index is 0.0394. The molecule has 0 saturated heterocycles. The molecule has 0 saturated carbocycles. The molecule has 2 unspecified atom stereocenters. The Bertz CT molecular complexity index is 1690. The van der Waals surface area contributed by atoms with Gasteiger partial charge in [0.25, 0.3) is 0 Å². The van der Waals surface area contributed by atoms with Crippen LogP contribution in [0.3, 0.4) is 0 Å². The SMILES string of the molecule is CC(NCCS(C)(=O)=O)C1(c2ccc3ncnc(Nc4ccc(OCc5cccc(F)c5)c(Cl)c4)c3c2)CC=CO1. The molecule has 1 aromatic heterocycles. The summed E-state index contributed by atoms with van der Waals surface area (Å²) < 4.78 is 48.7. The highest BCUT2D eigenvalue weighted by Gasteiger charge is 2.41. The number of benzene rings is 3. The van der Waals surface area contributed by atoms with Gasteiger partial charge in [-0.05, 0) is 66.6 Å². The van der Waals surface area contributed by atoms with Gasteiger partial charge in [-0.3, -0.25) is 0 Å². The third-order valence-corrected chi connectivity index (χ3v) is 8.26. The van der Waals surface area contributed by atoms with Gasteiger partial charge in [0.2, 0.25) is 0 Å². The Morgan fingerprint density at radius 3 is 2.73 bits per heavy atom. The lowest BCUT2D eigenvalue weighted by Gasteiger charge is -2.36. The number of anilines is 2. The molecule has 5 rings (SSSR count). The second-order valence-corrected chi connectivity index (χ2v) is 12.7. The number of hydrogen-bond acceptors (Lipinski definition) is 8. The average molecular weight is 597 g/mol. The molecular weight excluding hydrogens is 567 g/mol. The molecule has 1 aliphatic heterocycles. The van der Waals surface area contributed by atoms with Crippen LogP contribution in [0.25, 0.3) is 10.9 Å². The Morgan fingerprint density at radius 2 is 2.00 bits per heavy atom. The number of rotatable bonds is 11. The topological polar surface area (TPSA) is 102 Å². The van der Waals surface area contributed by atoms with Crippen molar-refractivity contribution in [1.82, 2.24) is 15.3 Å². The Hall–Kier alpha value is -3.73. The molecule has 1 aliphatic rings. The first kappa shape index (κ1) is 28.8. The fourth-order valence-electron chi connectivity index (χ4n) is 4.82. The van der Waals surface area contributed by atoms with Gasteiger partial charge in [-0.25, -0.2) is 22.8 Å². The van der Waals surface area contributed by atoms with E-state index in [4.69, 9.17) is 21.1 Å². The van der Waals surface area contributed by atoms with Crippen molar-refractivity contribution in [1.29, 1.82) is 0 Å². The van der Waals surface area contributed by atoms with E-state index < -0.39 is 15.4 Å². The number of nitrogens with zero attached hydrogens (tertiary/aromatic N) is 2. The van der Waals surface area contributed by atoms with Gasteiger partial charge in [-0.1, -0.05) is 29.8 Å². The number of hydrogen-bond donors (Lipinski definition) is 2. The molecule has 0 fully saturated rings. The summed E-state index contributed by atoms with van der Waals surface area (Å²) in [7, 11) is -3.09. The Morgan fingerprint density at radius 1 is 1.15 bits per heavy atom. The van der Waals surface area contributed by atoms with Crippen LogP contribution in [0.4, 0.5) is 15.9 Å². The van der Waals surface area contributed by atoms with E-state index >= 15 is 0 Å². The summed E-state index contributed by atoms with van der Waals surface area (Å²) >= 11 is 6.51. The Kier molecular flexibility index (Phi) is 8.44. The highest BCUT2D eigenvalue weighted by Crippen LogP contribution is 2.40. The first-order valence-electron chi connectivity index (χ1n) is 13.1. The van der Waals surface area contributed by atoms with Crippen molar-refractivity contribution in [3.05, 3.63) is 101 Å². The lowest BCUT2D eigenvalue weighted by molar-refractivity contribution is 0.00893. The quantitative estimate of drug-likeness (QED) is 0.221. The van der Waals surface area contributed by atoms with E-state index in [1.165, 1.54) is 24.7 Å². The molecule has 2 heterocycles. The van der Waals surface area contributed by atoms with E-state index in [2.05, 4.69) is 20.6 Å². The first-order valence-corrected chi connectivity index (χ1v) is 15.5. The minimum atomic E-state index is -3.09. The maximum absolute atomic E-state index is 13.5. The fourth-order valence-corrected chi connectivity index (χ4v) is 5.54. The largest absolute Gasteiger partial charge is 0.489 e. The number of aromatic nitrogens is 2. The molecule has 3 aromatic carbocycles. The van der Waals surface area contributed by atoms with Crippen LogP contribution in [0.1, 0.15) is 24.5 Å². The summed E-state index contributed by atoms with van der Waals surface area (Å²) in [5, 5.41) is 7.82. The highest BCUT2D eigenvalue weighted by atomic mass is 35.5. The summed E-state index contributed by atoms with van der Waals surface area (Å²) in [6.45, 7) is 2.49. The van der Waals surface area contributed by atoms with Crippen LogP contribution in [0.15, 0.2) is 79.3 Å². The van der Waals surface area contributed by atoms with E-state index in [1.807, 2.05) is 37.3 Å². The summed E-state index contributed by atoms with van der Waals surface area (Å²) in [5.74, 6) is 0.774. The molecule has 4 aromatic rings. The van der Waals surface area contributed by atoms with Crippen LogP contribution < -0.4 is 15.4 Å². The van der Waals surface area contributed by atoms with Crippen LogP contribution in [-0.4, -0.2) is 43.0 Å². The fraction of sp³-hybridized carbons (Fsp3) is 0.267. The molecule has 214 valence electrons. The summed E-state index contributed by atoms with van der Waals surface area (Å²) in [5.41, 5.74) is 2.33. The van der Waals surface area contributed by atoms with Crippen LogP contribution in [0.5, 0.6) is 5.75 Å². The molecule has 0 spiro atoms. The average Bonchev–Trinajstić information content (AvgIpc) is 3.43. The van der Waals surface area contributed by atoms with Gasteiger partial charge in [-0.15, -0.1) is 0 Å². The van der Waals surface area contributed by atoms with Crippen molar-refractivity contribution in [2.24, 2.45) is 0 Å². The lowest BCUT2D eigenvalue weighted by Crippen LogP contribution is -2.47. The number of fused-ring (bicyclic) bond motifs is 1. The van der Waals surface area contributed by atoms with Crippen molar-refractivity contribution in [2.45, 2.75) is 31.6 Å². The van der Waals surface area contributed by atoms with Gasteiger partial charge in [0.15, 0.2) is 5.60 Å². The third kappa shape index (κ3) is 6.78. The number of halogens is 2. The maximum atomic E-state index is 13.5. The van der Waals surface area contributed by atoms with Crippen LogP contribution >= 0.6 is 11.6 Å². The van der Waals surface area contributed by atoms with Crippen LogP contribution in [0, 0.1) is 5.82 Å². The number of sulfone groups is 1. The molecule has 0 amide bonds. The van der Waals surface area contributed by atoms with E-state index in [9.17, 15) is 12.8 Å². The van der Waals surface area contributed by atoms with E-state index in [0.29, 0.717) is 40.8 Å². The van der Waals surface area contributed by atoms with Crippen LogP contribution in [0.2, 0.25) is 5.02 Å². The molecule has 2 atom stereocenters. The molecule has 8 nitrogen and oxygen atoms in total. The van der Waals surface area contributed by atoms with E-state index in [0.717, 1.165) is 16.5 Å². The van der Waals surface area contributed by atoms with Gasteiger partial charge in [0, 0.05) is 36.3 Å². The van der Waals surface area contributed by atoms with Gasteiger partial charge < -0.3 is 20.1 Å². The number of nitrogens with one attached hydrogen (secondary N) is 2. The zero-order chi connectivity index (χ0) is 29.0. The lowest BCUT2D eigenvalue weighted by atomic mass is 9.84. The smallest absolute Gasteiger partial charge is 0.151 e. The minimum Gasteiger partial charge on any atom is -0.489 e. The molecule has 41 heavy (non-hydrogen) atoms. The zero-order valence-corrected chi connectivity index (χ0v) is 24.2. The van der Waals surface area contributed by atoms with Crippen molar-refractivity contribution >= 4 is 43.8 Å².